The first-order valence-corrected chi connectivity index (χ1v) is 6.98. The first-order valence-electron chi connectivity index (χ1n) is 6.98. The molecule has 8 nitrogen and oxygen atoms in total. The maximum atomic E-state index is 10.6. The van der Waals surface area contributed by atoms with E-state index in [0.717, 1.165) is 11.3 Å². The van der Waals surface area contributed by atoms with Crippen molar-refractivity contribution >= 4 is 11.6 Å². The summed E-state index contributed by atoms with van der Waals surface area (Å²) in [7, 11) is 0. The molecule has 0 saturated heterocycles. The molecule has 22 heavy (non-hydrogen) atoms. The summed E-state index contributed by atoms with van der Waals surface area (Å²) in [5.74, 6) is 0.348. The van der Waals surface area contributed by atoms with Gasteiger partial charge in [-0.1, -0.05) is 0 Å². The molecule has 1 unspecified atom stereocenters. The van der Waals surface area contributed by atoms with Crippen LogP contribution in [-0.2, 0) is 5.54 Å². The second-order valence-electron chi connectivity index (χ2n) is 6.17. The first-order chi connectivity index (χ1) is 10.2. The van der Waals surface area contributed by atoms with Crippen LogP contribution in [0.15, 0.2) is 18.6 Å². The fraction of sp³-hybridized carbons (Fsp3) is 0.500. The number of aryl methyl sites for hydroxylation is 1. The van der Waals surface area contributed by atoms with Gasteiger partial charge in [-0.3, -0.25) is 14.8 Å². The van der Waals surface area contributed by atoms with E-state index < -0.39 is 4.92 Å². The van der Waals surface area contributed by atoms with Crippen LogP contribution in [0.5, 0.6) is 0 Å². The molecular weight excluding hydrogens is 284 g/mol. The molecule has 1 atom stereocenters. The molecule has 2 heterocycles. The van der Waals surface area contributed by atoms with E-state index in [2.05, 4.69) is 41.2 Å². The highest BCUT2D eigenvalue weighted by atomic mass is 16.6. The second-order valence-corrected chi connectivity index (χ2v) is 6.17. The standard InChI is InChI=1S/C14H20N6O2/c1-9(12-8-19(14(3,4)5)18-10(12)2)17-13-15-6-11(7-16-13)20(21)22/h6-9H,1-5H3,(H,15,16,17). The van der Waals surface area contributed by atoms with Gasteiger partial charge in [-0.25, -0.2) is 9.97 Å². The van der Waals surface area contributed by atoms with E-state index in [1.54, 1.807) is 0 Å². The Balaban J connectivity index is 2.17. The molecule has 2 rings (SSSR count). The molecule has 0 amide bonds. The zero-order valence-electron chi connectivity index (χ0n) is 13.4. The van der Waals surface area contributed by atoms with Crippen LogP contribution < -0.4 is 5.32 Å². The third-order valence-corrected chi connectivity index (χ3v) is 3.29. The minimum absolute atomic E-state index is 0.0578. The van der Waals surface area contributed by atoms with Gasteiger partial charge in [-0.05, 0) is 34.6 Å². The fourth-order valence-electron chi connectivity index (χ4n) is 2.00. The van der Waals surface area contributed by atoms with Crippen LogP contribution in [0.25, 0.3) is 0 Å². The molecule has 0 spiro atoms. The van der Waals surface area contributed by atoms with Gasteiger partial charge in [0.1, 0.15) is 12.4 Å². The Kier molecular flexibility index (Phi) is 4.11. The Labute approximate surface area is 128 Å². The third-order valence-electron chi connectivity index (χ3n) is 3.29. The number of hydrogen-bond acceptors (Lipinski definition) is 6. The van der Waals surface area contributed by atoms with Crippen LogP contribution in [0, 0.1) is 17.0 Å². The van der Waals surface area contributed by atoms with E-state index in [1.165, 1.54) is 12.4 Å². The van der Waals surface area contributed by atoms with Gasteiger partial charge in [0.15, 0.2) is 0 Å². The predicted octanol–water partition coefficient (Wildman–Crippen LogP) is 2.82. The zero-order valence-corrected chi connectivity index (χ0v) is 13.4. The van der Waals surface area contributed by atoms with Crippen molar-refractivity contribution in [3.05, 3.63) is 40.0 Å². The molecule has 0 bridgehead atoms. The predicted molar refractivity (Wildman–Crippen MR) is 82.7 cm³/mol. The molecule has 0 aliphatic carbocycles. The number of rotatable bonds is 4. The van der Waals surface area contributed by atoms with Gasteiger partial charge < -0.3 is 5.32 Å². The summed E-state index contributed by atoms with van der Waals surface area (Å²) in [5.41, 5.74) is 1.75. The molecule has 2 aromatic heterocycles. The maximum absolute atomic E-state index is 10.6. The smallest absolute Gasteiger partial charge is 0.305 e. The second kappa shape index (κ2) is 5.70. The summed E-state index contributed by atoms with van der Waals surface area (Å²) in [6.07, 6.45) is 4.37. The summed E-state index contributed by atoms with van der Waals surface area (Å²) in [4.78, 5) is 18.0. The number of nitrogens with one attached hydrogen (secondary N) is 1. The van der Waals surface area contributed by atoms with Gasteiger partial charge in [-0.15, -0.1) is 0 Å². The van der Waals surface area contributed by atoms with Crippen molar-refractivity contribution in [1.29, 1.82) is 0 Å². The lowest BCUT2D eigenvalue weighted by atomic mass is 10.1. The van der Waals surface area contributed by atoms with Gasteiger partial charge in [0.25, 0.3) is 0 Å². The van der Waals surface area contributed by atoms with E-state index >= 15 is 0 Å². The fourth-order valence-corrected chi connectivity index (χ4v) is 2.00. The van der Waals surface area contributed by atoms with Crippen LogP contribution in [-0.4, -0.2) is 24.7 Å². The highest BCUT2D eigenvalue weighted by molar-refractivity contribution is 5.35. The number of hydrogen-bond donors (Lipinski definition) is 1. The topological polar surface area (TPSA) is 98.8 Å². The lowest BCUT2D eigenvalue weighted by molar-refractivity contribution is -0.385. The van der Waals surface area contributed by atoms with E-state index in [1.807, 2.05) is 24.7 Å². The minimum Gasteiger partial charge on any atom is -0.348 e. The summed E-state index contributed by atoms with van der Waals surface area (Å²) < 4.78 is 1.92. The highest BCUT2D eigenvalue weighted by Crippen LogP contribution is 2.23. The van der Waals surface area contributed by atoms with Gasteiger partial charge in [0, 0.05) is 11.8 Å². The lowest BCUT2D eigenvalue weighted by Crippen LogP contribution is -2.22. The molecule has 0 saturated carbocycles. The number of nitro groups is 1. The summed E-state index contributed by atoms with van der Waals surface area (Å²) in [6.45, 7) is 10.2. The zero-order chi connectivity index (χ0) is 16.5. The average molecular weight is 304 g/mol. The van der Waals surface area contributed by atoms with Gasteiger partial charge in [0.05, 0.1) is 22.2 Å². The van der Waals surface area contributed by atoms with Crippen LogP contribution >= 0.6 is 0 Å². The Morgan fingerprint density at radius 1 is 1.32 bits per heavy atom. The van der Waals surface area contributed by atoms with E-state index in [9.17, 15) is 10.1 Å². The molecule has 2 aromatic rings. The third kappa shape index (κ3) is 3.38. The molecule has 8 heteroatoms. The molecule has 0 radical (unpaired) electrons. The average Bonchev–Trinajstić information content (AvgIpc) is 2.81. The van der Waals surface area contributed by atoms with Crippen molar-refractivity contribution in [2.75, 3.05) is 5.32 Å². The molecule has 1 N–H and O–H groups in total. The number of aromatic nitrogens is 4. The van der Waals surface area contributed by atoms with E-state index in [-0.39, 0.29) is 17.3 Å². The van der Waals surface area contributed by atoms with Crippen molar-refractivity contribution in [3.8, 4) is 0 Å². The van der Waals surface area contributed by atoms with Gasteiger partial charge in [-0.2, -0.15) is 5.10 Å². The monoisotopic (exact) mass is 304 g/mol. The van der Waals surface area contributed by atoms with E-state index in [4.69, 9.17) is 0 Å². The van der Waals surface area contributed by atoms with Crippen molar-refractivity contribution in [1.82, 2.24) is 19.7 Å². The highest BCUT2D eigenvalue weighted by Gasteiger charge is 2.19. The van der Waals surface area contributed by atoms with Crippen LogP contribution in [0.4, 0.5) is 11.6 Å². The van der Waals surface area contributed by atoms with Crippen LogP contribution in [0.1, 0.15) is 45.0 Å². The Hall–Kier alpha value is -2.51. The SMILES string of the molecule is Cc1nn(C(C)(C)C)cc1C(C)Nc1ncc([N+](=O)[O-])cn1. The molecule has 0 aromatic carbocycles. The largest absolute Gasteiger partial charge is 0.348 e. The normalized spacial score (nSPS) is 13.0. The summed E-state index contributed by atoms with van der Waals surface area (Å²) in [6, 6.07) is -0.0578. The van der Waals surface area contributed by atoms with E-state index in [0.29, 0.717) is 5.95 Å². The molecule has 0 aliphatic rings. The summed E-state index contributed by atoms with van der Waals surface area (Å²) >= 11 is 0. The van der Waals surface area contributed by atoms with Crippen molar-refractivity contribution in [2.24, 2.45) is 0 Å². The minimum atomic E-state index is -0.523. The number of anilines is 1. The van der Waals surface area contributed by atoms with Crippen molar-refractivity contribution in [3.63, 3.8) is 0 Å². The first kappa shape index (κ1) is 15.9. The Morgan fingerprint density at radius 3 is 2.36 bits per heavy atom. The van der Waals surface area contributed by atoms with Crippen molar-refractivity contribution < 1.29 is 4.92 Å². The van der Waals surface area contributed by atoms with Crippen molar-refractivity contribution in [2.45, 2.75) is 46.2 Å². The lowest BCUT2D eigenvalue weighted by Gasteiger charge is -2.19. The summed E-state index contributed by atoms with van der Waals surface area (Å²) in [5, 5.41) is 18.3. The molecule has 0 aliphatic heterocycles. The molecule has 118 valence electrons. The molecule has 0 fully saturated rings. The number of nitrogens with zero attached hydrogens (tertiary/aromatic N) is 5. The van der Waals surface area contributed by atoms with Gasteiger partial charge in [0.2, 0.25) is 5.95 Å². The quantitative estimate of drug-likeness (QED) is 0.688. The van der Waals surface area contributed by atoms with Crippen LogP contribution in [0.2, 0.25) is 0 Å². The van der Waals surface area contributed by atoms with Crippen LogP contribution in [0.3, 0.4) is 0 Å². The maximum Gasteiger partial charge on any atom is 0.305 e. The molecular formula is C14H20N6O2. The van der Waals surface area contributed by atoms with Gasteiger partial charge >= 0.3 is 5.69 Å². The Morgan fingerprint density at radius 2 is 1.91 bits per heavy atom. The Bertz CT molecular complexity index is 672.